The minimum atomic E-state index is -0.446. The summed E-state index contributed by atoms with van der Waals surface area (Å²) in [5.41, 5.74) is 0.827. The third kappa shape index (κ3) is 4.53. The Kier molecular flexibility index (Phi) is 6.28. The number of nitrogens with zero attached hydrogens (tertiary/aromatic N) is 1. The average Bonchev–Trinajstić information content (AvgIpc) is 2.78. The summed E-state index contributed by atoms with van der Waals surface area (Å²) in [6.45, 7) is 0.829. The first-order valence-electron chi connectivity index (χ1n) is 8.05. The van der Waals surface area contributed by atoms with Crippen LogP contribution in [0.1, 0.15) is 19.3 Å². The van der Waals surface area contributed by atoms with Gasteiger partial charge in [-0.3, -0.25) is 9.59 Å². The molecule has 0 saturated carbocycles. The van der Waals surface area contributed by atoms with Crippen molar-refractivity contribution >= 4 is 17.5 Å². The largest absolute Gasteiger partial charge is 0.493 e. The van der Waals surface area contributed by atoms with Gasteiger partial charge in [-0.1, -0.05) is 0 Å². The van der Waals surface area contributed by atoms with Gasteiger partial charge in [0, 0.05) is 25.3 Å². The van der Waals surface area contributed by atoms with Crippen LogP contribution >= 0.6 is 0 Å². The maximum Gasteiger partial charge on any atom is 0.242 e. The van der Waals surface area contributed by atoms with E-state index >= 15 is 0 Å². The number of ether oxygens (including phenoxy) is 2. The number of benzene rings is 1. The maximum atomic E-state index is 12.2. The lowest BCUT2D eigenvalue weighted by Crippen LogP contribution is -2.48. The molecule has 2 N–H and O–H groups in total. The minimum Gasteiger partial charge on any atom is -0.493 e. The summed E-state index contributed by atoms with van der Waals surface area (Å²) >= 11 is 0. The number of hydrogen-bond acceptors (Lipinski definition) is 5. The predicted octanol–water partition coefficient (Wildman–Crippen LogP) is 0.925. The number of carbonyl (C=O) groups is 2. The molecule has 1 unspecified atom stereocenters. The topological polar surface area (TPSA) is 79.9 Å². The molecule has 1 aliphatic heterocycles. The van der Waals surface area contributed by atoms with Crippen molar-refractivity contribution in [2.45, 2.75) is 25.3 Å². The molecule has 1 atom stereocenters. The zero-order valence-corrected chi connectivity index (χ0v) is 14.4. The normalized spacial score (nSPS) is 17.5. The van der Waals surface area contributed by atoms with Gasteiger partial charge in [-0.2, -0.15) is 0 Å². The first kappa shape index (κ1) is 17.9. The van der Waals surface area contributed by atoms with E-state index in [1.807, 2.05) is 19.2 Å². The quantitative estimate of drug-likeness (QED) is 0.808. The highest BCUT2D eigenvalue weighted by atomic mass is 16.5. The summed E-state index contributed by atoms with van der Waals surface area (Å²) in [5.74, 6) is 0.948. The number of nitrogens with one attached hydrogen (secondary N) is 2. The molecule has 0 spiro atoms. The maximum absolute atomic E-state index is 12.2. The van der Waals surface area contributed by atoms with Gasteiger partial charge < -0.3 is 25.0 Å². The van der Waals surface area contributed by atoms with Gasteiger partial charge in [0.1, 0.15) is 6.04 Å². The summed E-state index contributed by atoms with van der Waals surface area (Å²) in [6.07, 6.45) is 2.55. The Hall–Kier alpha value is -2.44. The fraction of sp³-hybridized carbons (Fsp3) is 0.529. The van der Waals surface area contributed by atoms with Crippen molar-refractivity contribution in [2.75, 3.05) is 39.3 Å². The molecule has 7 nitrogen and oxygen atoms in total. The van der Waals surface area contributed by atoms with Crippen LogP contribution in [0.15, 0.2) is 18.2 Å². The van der Waals surface area contributed by atoms with Crippen molar-refractivity contribution in [1.82, 2.24) is 10.6 Å². The Morgan fingerprint density at radius 2 is 2.04 bits per heavy atom. The van der Waals surface area contributed by atoms with Gasteiger partial charge in [0.15, 0.2) is 11.5 Å². The van der Waals surface area contributed by atoms with Gasteiger partial charge in [0.25, 0.3) is 0 Å². The number of likely N-dealkylation sites (N-methyl/N-ethyl adjacent to an activating group) is 1. The first-order chi connectivity index (χ1) is 11.5. The van der Waals surface area contributed by atoms with E-state index in [0.29, 0.717) is 24.5 Å². The highest BCUT2D eigenvalue weighted by Crippen LogP contribution is 2.30. The van der Waals surface area contributed by atoms with Crippen molar-refractivity contribution in [1.29, 1.82) is 0 Å². The molecule has 1 fully saturated rings. The highest BCUT2D eigenvalue weighted by molar-refractivity contribution is 5.89. The lowest BCUT2D eigenvalue weighted by molar-refractivity contribution is -0.128. The van der Waals surface area contributed by atoms with Crippen molar-refractivity contribution in [3.8, 4) is 11.5 Å². The molecule has 24 heavy (non-hydrogen) atoms. The fourth-order valence-corrected chi connectivity index (χ4v) is 2.69. The Balaban J connectivity index is 1.97. The van der Waals surface area contributed by atoms with E-state index < -0.39 is 6.04 Å². The molecule has 1 aromatic carbocycles. The van der Waals surface area contributed by atoms with Crippen LogP contribution in [0.5, 0.6) is 11.5 Å². The highest BCUT2D eigenvalue weighted by Gasteiger charge is 2.22. The summed E-state index contributed by atoms with van der Waals surface area (Å²) in [6, 6.07) is 5.01. The second kappa shape index (κ2) is 8.42. The molecular formula is C17H25N3O4. The van der Waals surface area contributed by atoms with Crippen LogP contribution in [0.25, 0.3) is 0 Å². The van der Waals surface area contributed by atoms with Gasteiger partial charge in [-0.15, -0.1) is 0 Å². The summed E-state index contributed by atoms with van der Waals surface area (Å²) in [7, 11) is 4.96. The van der Waals surface area contributed by atoms with Crippen LogP contribution in [0.3, 0.4) is 0 Å². The standard InChI is InChI=1S/C17H25N3O4/c1-20(12-7-8-14(23-2)15(10-12)24-3)11-16(21)19-13-6-4-5-9-18-17(13)22/h7-8,10,13H,4-6,9,11H2,1-3H3,(H,18,22)(H,19,21). The number of rotatable bonds is 6. The van der Waals surface area contributed by atoms with E-state index in [1.54, 1.807) is 25.2 Å². The fourth-order valence-electron chi connectivity index (χ4n) is 2.69. The van der Waals surface area contributed by atoms with Gasteiger partial charge in [-0.25, -0.2) is 0 Å². The van der Waals surface area contributed by atoms with Crippen LogP contribution < -0.4 is 25.0 Å². The van der Waals surface area contributed by atoms with Crippen molar-refractivity contribution in [3.63, 3.8) is 0 Å². The molecule has 0 bridgehead atoms. The molecule has 1 heterocycles. The number of methoxy groups -OCH3 is 2. The third-order valence-corrected chi connectivity index (χ3v) is 4.06. The van der Waals surface area contributed by atoms with E-state index in [4.69, 9.17) is 9.47 Å². The van der Waals surface area contributed by atoms with Gasteiger partial charge in [0.05, 0.1) is 20.8 Å². The second-order valence-corrected chi connectivity index (χ2v) is 5.80. The zero-order chi connectivity index (χ0) is 17.5. The lowest BCUT2D eigenvalue weighted by Gasteiger charge is -2.22. The van der Waals surface area contributed by atoms with Gasteiger partial charge >= 0.3 is 0 Å². The Bertz CT molecular complexity index is 591. The summed E-state index contributed by atoms with van der Waals surface area (Å²) < 4.78 is 10.5. The first-order valence-corrected chi connectivity index (χ1v) is 8.05. The van der Waals surface area contributed by atoms with Crippen molar-refractivity contribution < 1.29 is 19.1 Å². The molecule has 2 rings (SSSR count). The van der Waals surface area contributed by atoms with E-state index in [1.165, 1.54) is 0 Å². The minimum absolute atomic E-state index is 0.102. The van der Waals surface area contributed by atoms with Gasteiger partial charge in [-0.05, 0) is 31.4 Å². The molecule has 0 aromatic heterocycles. The molecule has 1 aliphatic rings. The van der Waals surface area contributed by atoms with Crippen LogP contribution in [0, 0.1) is 0 Å². The molecule has 1 aromatic rings. The SMILES string of the molecule is COc1ccc(N(C)CC(=O)NC2CCCCNC2=O)cc1OC. The number of anilines is 1. The summed E-state index contributed by atoms with van der Waals surface area (Å²) in [5, 5.41) is 5.63. The molecule has 0 radical (unpaired) electrons. The van der Waals surface area contributed by atoms with Crippen LogP contribution in [-0.4, -0.2) is 52.2 Å². The van der Waals surface area contributed by atoms with E-state index in [0.717, 1.165) is 18.5 Å². The van der Waals surface area contributed by atoms with Crippen LogP contribution in [-0.2, 0) is 9.59 Å². The van der Waals surface area contributed by atoms with Crippen molar-refractivity contribution in [2.24, 2.45) is 0 Å². The lowest BCUT2D eigenvalue weighted by atomic mass is 10.1. The number of amides is 2. The van der Waals surface area contributed by atoms with E-state index in [-0.39, 0.29) is 18.4 Å². The monoisotopic (exact) mass is 335 g/mol. The Morgan fingerprint density at radius 1 is 1.29 bits per heavy atom. The number of hydrogen-bond donors (Lipinski definition) is 2. The average molecular weight is 335 g/mol. The van der Waals surface area contributed by atoms with Crippen LogP contribution in [0.2, 0.25) is 0 Å². The number of carbonyl (C=O) groups excluding carboxylic acids is 2. The zero-order valence-electron chi connectivity index (χ0n) is 14.4. The van der Waals surface area contributed by atoms with Crippen molar-refractivity contribution in [3.05, 3.63) is 18.2 Å². The molecule has 2 amide bonds. The molecule has 7 heteroatoms. The second-order valence-electron chi connectivity index (χ2n) is 5.80. The molecule has 0 aliphatic carbocycles. The Morgan fingerprint density at radius 3 is 2.75 bits per heavy atom. The van der Waals surface area contributed by atoms with E-state index in [9.17, 15) is 9.59 Å². The Labute approximate surface area is 142 Å². The molecule has 1 saturated heterocycles. The summed E-state index contributed by atoms with van der Waals surface area (Å²) in [4.78, 5) is 25.9. The predicted molar refractivity (Wildman–Crippen MR) is 91.6 cm³/mol. The smallest absolute Gasteiger partial charge is 0.242 e. The van der Waals surface area contributed by atoms with E-state index in [2.05, 4.69) is 10.6 Å². The molecule has 132 valence electrons. The molecular weight excluding hydrogens is 310 g/mol. The third-order valence-electron chi connectivity index (χ3n) is 4.06. The van der Waals surface area contributed by atoms with Gasteiger partial charge in [0.2, 0.25) is 11.8 Å². The van der Waals surface area contributed by atoms with Crippen LogP contribution in [0.4, 0.5) is 5.69 Å².